The molecule has 302 valence electrons. The minimum atomic E-state index is -0.336. The summed E-state index contributed by atoms with van der Waals surface area (Å²) < 4.78 is 6.35. The van der Waals surface area contributed by atoms with E-state index >= 15 is 0 Å². The molecule has 0 amide bonds. The van der Waals surface area contributed by atoms with Crippen LogP contribution < -0.4 is 0 Å². The second kappa shape index (κ2) is 14.5. The Morgan fingerprint density at radius 2 is 1.05 bits per heavy atom. The summed E-state index contributed by atoms with van der Waals surface area (Å²) in [5.41, 5.74) is 11.2. The first-order chi connectivity index (χ1) is 31.6. The summed E-state index contributed by atoms with van der Waals surface area (Å²) in [4.78, 5) is 16.8. The van der Waals surface area contributed by atoms with Gasteiger partial charge in [-0.05, 0) is 76.5 Å². The number of hydrogen-bond acceptors (Lipinski definition) is 5. The fourth-order valence-electron chi connectivity index (χ4n) is 9.94. The van der Waals surface area contributed by atoms with Gasteiger partial charge < -0.3 is 4.57 Å². The highest BCUT2D eigenvalue weighted by atomic mass is 32.1. The molecular formula is C58H38N4S2. The van der Waals surface area contributed by atoms with E-state index in [0.29, 0.717) is 17.5 Å². The SMILES string of the molecule is CC1(c2ccc(-c3ccc4c(c3)c3c5sc6ccccc6c5ccc3n4-c3ccccc3)cc2)C=C(c2nc(-c3ccccc3)nc(-c3ccccc3)n2)c2sc3ccccc3c2C1. The molecule has 1 aliphatic rings. The molecule has 6 heteroatoms. The predicted octanol–water partition coefficient (Wildman–Crippen LogP) is 15.5. The predicted molar refractivity (Wildman–Crippen MR) is 270 cm³/mol. The van der Waals surface area contributed by atoms with Crippen molar-refractivity contribution in [2.24, 2.45) is 0 Å². The molecule has 12 aromatic rings. The van der Waals surface area contributed by atoms with Crippen molar-refractivity contribution >= 4 is 80.3 Å². The molecule has 0 bridgehead atoms. The monoisotopic (exact) mass is 854 g/mol. The number of thiophene rings is 2. The summed E-state index contributed by atoms with van der Waals surface area (Å²) in [6.07, 6.45) is 3.30. The van der Waals surface area contributed by atoms with Crippen LogP contribution in [0.1, 0.15) is 28.8 Å². The maximum Gasteiger partial charge on any atom is 0.165 e. The van der Waals surface area contributed by atoms with Crippen molar-refractivity contribution in [3.63, 3.8) is 0 Å². The van der Waals surface area contributed by atoms with Crippen LogP contribution in [0.4, 0.5) is 0 Å². The molecule has 8 aromatic carbocycles. The Balaban J connectivity index is 0.958. The largest absolute Gasteiger partial charge is 0.309 e. The van der Waals surface area contributed by atoms with Gasteiger partial charge in [-0.2, -0.15) is 0 Å². The van der Waals surface area contributed by atoms with E-state index < -0.39 is 0 Å². The average Bonchev–Trinajstić information content (AvgIpc) is 4.04. The van der Waals surface area contributed by atoms with E-state index in [1.807, 2.05) is 59.1 Å². The van der Waals surface area contributed by atoms with Gasteiger partial charge in [0.1, 0.15) is 0 Å². The lowest BCUT2D eigenvalue weighted by Gasteiger charge is -2.32. The standard InChI is InChI=1S/C58H38N4S2/c1-58(34-46-43-22-12-14-24-51(43)63-53(46)47(35-58)57-60-55(37-15-5-2-6-16-37)59-56(61-57)38-17-7-3-8-18-38)40-28-25-36(26-29-40)39-27-31-48-45(33-39)52-49(62(48)41-19-9-4-10-20-41)32-30-44-42-21-11-13-23-50(42)64-54(44)52/h2-33,35H,34H2,1H3. The lowest BCUT2D eigenvalue weighted by molar-refractivity contribution is 0.588. The van der Waals surface area contributed by atoms with Gasteiger partial charge in [-0.15, -0.1) is 22.7 Å². The van der Waals surface area contributed by atoms with Crippen molar-refractivity contribution in [3.8, 4) is 39.6 Å². The summed E-state index contributed by atoms with van der Waals surface area (Å²) >= 11 is 3.73. The van der Waals surface area contributed by atoms with Gasteiger partial charge in [-0.25, -0.2) is 15.0 Å². The molecule has 0 saturated heterocycles. The molecule has 1 unspecified atom stereocenters. The summed E-state index contributed by atoms with van der Waals surface area (Å²) in [6, 6.07) is 69.8. The maximum atomic E-state index is 5.25. The zero-order valence-electron chi connectivity index (χ0n) is 34.9. The number of para-hydroxylation sites is 1. The Morgan fingerprint density at radius 3 is 1.75 bits per heavy atom. The molecule has 0 saturated carbocycles. The van der Waals surface area contributed by atoms with Crippen LogP contribution in [0, 0.1) is 0 Å². The minimum Gasteiger partial charge on any atom is -0.309 e. The van der Waals surface area contributed by atoms with E-state index in [4.69, 9.17) is 15.0 Å². The van der Waals surface area contributed by atoms with Crippen molar-refractivity contribution in [2.75, 3.05) is 0 Å². The lowest BCUT2D eigenvalue weighted by atomic mass is 9.72. The van der Waals surface area contributed by atoms with Crippen molar-refractivity contribution in [1.29, 1.82) is 0 Å². The Bertz CT molecular complexity index is 3750. The summed E-state index contributed by atoms with van der Waals surface area (Å²) in [5.74, 6) is 2.03. The molecule has 13 rings (SSSR count). The first-order valence-corrected chi connectivity index (χ1v) is 23.4. The summed E-state index contributed by atoms with van der Waals surface area (Å²) in [7, 11) is 0. The Hall–Kier alpha value is -7.51. The topological polar surface area (TPSA) is 43.6 Å². The quantitative estimate of drug-likeness (QED) is 0.167. The third-order valence-electron chi connectivity index (χ3n) is 13.1. The van der Waals surface area contributed by atoms with Crippen LogP contribution in [-0.4, -0.2) is 19.5 Å². The van der Waals surface area contributed by atoms with Gasteiger partial charge in [0.2, 0.25) is 0 Å². The van der Waals surface area contributed by atoms with Crippen LogP contribution >= 0.6 is 22.7 Å². The first kappa shape index (κ1) is 37.1. The van der Waals surface area contributed by atoms with E-state index in [1.165, 1.54) is 84.9 Å². The molecule has 4 aromatic heterocycles. The van der Waals surface area contributed by atoms with Crippen molar-refractivity contribution in [3.05, 3.63) is 222 Å². The molecule has 4 heterocycles. The van der Waals surface area contributed by atoms with Crippen molar-refractivity contribution in [2.45, 2.75) is 18.8 Å². The Kier molecular flexibility index (Phi) is 8.42. The molecule has 4 nitrogen and oxygen atoms in total. The number of fused-ring (bicyclic) bond motifs is 10. The second-order valence-corrected chi connectivity index (χ2v) is 19.1. The molecule has 0 spiro atoms. The van der Waals surface area contributed by atoms with Gasteiger partial charge in [0.15, 0.2) is 17.5 Å². The van der Waals surface area contributed by atoms with Crippen LogP contribution in [0.2, 0.25) is 0 Å². The van der Waals surface area contributed by atoms with Gasteiger partial charge in [-0.3, -0.25) is 0 Å². The maximum absolute atomic E-state index is 5.25. The first-order valence-electron chi connectivity index (χ1n) is 21.7. The number of benzene rings is 8. The summed E-state index contributed by atoms with van der Waals surface area (Å²) in [6.45, 7) is 2.37. The third kappa shape index (κ3) is 5.90. The molecule has 0 N–H and O–H groups in total. The Morgan fingerprint density at radius 1 is 0.469 bits per heavy atom. The number of hydrogen-bond donors (Lipinski definition) is 0. The third-order valence-corrected chi connectivity index (χ3v) is 15.5. The second-order valence-electron chi connectivity index (χ2n) is 17.0. The number of aromatic nitrogens is 4. The van der Waals surface area contributed by atoms with Gasteiger partial charge in [-0.1, -0.05) is 165 Å². The van der Waals surface area contributed by atoms with E-state index in [-0.39, 0.29) is 5.41 Å². The van der Waals surface area contributed by atoms with E-state index in [2.05, 4.69) is 175 Å². The highest BCUT2D eigenvalue weighted by Crippen LogP contribution is 2.49. The Labute approximate surface area is 378 Å². The number of allylic oxidation sites excluding steroid dienone is 1. The highest BCUT2D eigenvalue weighted by molar-refractivity contribution is 7.26. The number of rotatable bonds is 6. The fourth-order valence-corrected chi connectivity index (χ4v) is 12.4. The average molecular weight is 855 g/mol. The van der Waals surface area contributed by atoms with Crippen molar-refractivity contribution in [1.82, 2.24) is 19.5 Å². The lowest BCUT2D eigenvalue weighted by Crippen LogP contribution is -2.26. The van der Waals surface area contributed by atoms with E-state index in [0.717, 1.165) is 23.1 Å². The van der Waals surface area contributed by atoms with Gasteiger partial charge in [0, 0.05) is 68.3 Å². The van der Waals surface area contributed by atoms with Crippen LogP contribution in [0.5, 0.6) is 0 Å². The van der Waals surface area contributed by atoms with Crippen LogP contribution in [0.25, 0.3) is 97.2 Å². The normalized spacial score (nSPS) is 15.0. The zero-order valence-corrected chi connectivity index (χ0v) is 36.5. The highest BCUT2D eigenvalue weighted by Gasteiger charge is 2.35. The van der Waals surface area contributed by atoms with Crippen LogP contribution in [0.15, 0.2) is 200 Å². The smallest absolute Gasteiger partial charge is 0.165 e. The molecule has 0 radical (unpaired) electrons. The van der Waals surface area contributed by atoms with Gasteiger partial charge in [0.05, 0.1) is 11.0 Å². The molecular weight excluding hydrogens is 817 g/mol. The van der Waals surface area contributed by atoms with Crippen LogP contribution in [0.3, 0.4) is 0 Å². The number of nitrogens with zero attached hydrogens (tertiary/aromatic N) is 4. The van der Waals surface area contributed by atoms with Gasteiger partial charge >= 0.3 is 0 Å². The molecule has 1 aliphatic carbocycles. The molecule has 0 aliphatic heterocycles. The van der Waals surface area contributed by atoms with Crippen molar-refractivity contribution < 1.29 is 0 Å². The fraction of sp³-hybridized carbons (Fsp3) is 0.0517. The van der Waals surface area contributed by atoms with E-state index in [9.17, 15) is 0 Å². The van der Waals surface area contributed by atoms with E-state index in [1.54, 1.807) is 0 Å². The zero-order chi connectivity index (χ0) is 42.4. The summed E-state index contributed by atoms with van der Waals surface area (Å²) in [5, 5.41) is 6.51. The molecule has 64 heavy (non-hydrogen) atoms. The molecule has 0 fully saturated rings. The van der Waals surface area contributed by atoms with Crippen LogP contribution in [-0.2, 0) is 11.8 Å². The minimum absolute atomic E-state index is 0.336. The molecule has 1 atom stereocenters. The van der Waals surface area contributed by atoms with Gasteiger partial charge in [0.25, 0.3) is 0 Å².